The van der Waals surface area contributed by atoms with E-state index in [0.29, 0.717) is 6.04 Å². The molecule has 0 aliphatic carbocycles. The summed E-state index contributed by atoms with van der Waals surface area (Å²) in [4.78, 5) is 2.51. The van der Waals surface area contributed by atoms with Crippen LogP contribution < -0.4 is 5.32 Å². The van der Waals surface area contributed by atoms with Crippen molar-refractivity contribution in [1.29, 1.82) is 0 Å². The van der Waals surface area contributed by atoms with Crippen molar-refractivity contribution in [2.75, 3.05) is 26.2 Å². The number of hydrogen-bond acceptors (Lipinski definition) is 3. The van der Waals surface area contributed by atoms with Gasteiger partial charge in [0, 0.05) is 6.04 Å². The fourth-order valence-corrected chi connectivity index (χ4v) is 2.16. The van der Waals surface area contributed by atoms with Gasteiger partial charge >= 0.3 is 0 Å². The first kappa shape index (κ1) is 12.9. The van der Waals surface area contributed by atoms with Crippen LogP contribution in [0.5, 0.6) is 0 Å². The number of aliphatic hydroxyl groups is 1. The van der Waals surface area contributed by atoms with E-state index >= 15 is 0 Å². The zero-order valence-electron chi connectivity index (χ0n) is 10.2. The predicted molar refractivity (Wildman–Crippen MR) is 64.1 cm³/mol. The molecular formula is C12H26N2O. The number of nitrogens with zero attached hydrogens (tertiary/aromatic N) is 1. The Morgan fingerprint density at radius 2 is 2.07 bits per heavy atom. The second-order valence-corrected chi connectivity index (χ2v) is 4.65. The van der Waals surface area contributed by atoms with Crippen LogP contribution in [0.15, 0.2) is 0 Å². The summed E-state index contributed by atoms with van der Waals surface area (Å²) < 4.78 is 0. The molecular weight excluding hydrogens is 188 g/mol. The minimum atomic E-state index is -0.145. The Bertz CT molecular complexity index is 154. The number of hydrogen-bond donors (Lipinski definition) is 2. The molecule has 1 aliphatic heterocycles. The minimum Gasteiger partial charge on any atom is -0.393 e. The monoisotopic (exact) mass is 214 g/mol. The molecule has 0 aromatic heterocycles. The molecule has 1 atom stereocenters. The molecule has 0 aromatic carbocycles. The maximum absolute atomic E-state index is 9.12. The standard InChI is InChI=1S/C12H26N2O/c1-3-14-9-6-12(7-10-14)13-8-4-5-11(2)15/h11-13,15H,3-10H2,1-2H3. The lowest BCUT2D eigenvalue weighted by atomic mass is 10.0. The quantitative estimate of drug-likeness (QED) is 0.653. The molecule has 0 saturated carbocycles. The van der Waals surface area contributed by atoms with Crippen LogP contribution in [0.2, 0.25) is 0 Å². The Balaban J connectivity index is 1.99. The van der Waals surface area contributed by atoms with Gasteiger partial charge in [-0.25, -0.2) is 0 Å². The average molecular weight is 214 g/mol. The number of aliphatic hydroxyl groups excluding tert-OH is 1. The van der Waals surface area contributed by atoms with Crippen LogP contribution in [0.4, 0.5) is 0 Å². The van der Waals surface area contributed by atoms with E-state index in [-0.39, 0.29) is 6.10 Å². The van der Waals surface area contributed by atoms with Crippen molar-refractivity contribution in [3.8, 4) is 0 Å². The van der Waals surface area contributed by atoms with Crippen LogP contribution >= 0.6 is 0 Å². The van der Waals surface area contributed by atoms with Gasteiger partial charge in [-0.05, 0) is 58.8 Å². The highest BCUT2D eigenvalue weighted by Crippen LogP contribution is 2.09. The van der Waals surface area contributed by atoms with Gasteiger partial charge in [0.1, 0.15) is 0 Å². The zero-order chi connectivity index (χ0) is 11.1. The first-order valence-electron chi connectivity index (χ1n) is 6.36. The summed E-state index contributed by atoms with van der Waals surface area (Å²) in [6.07, 6.45) is 4.42. The van der Waals surface area contributed by atoms with E-state index < -0.39 is 0 Å². The van der Waals surface area contributed by atoms with Gasteiger partial charge in [0.2, 0.25) is 0 Å². The number of rotatable bonds is 6. The van der Waals surface area contributed by atoms with Crippen molar-refractivity contribution in [3.63, 3.8) is 0 Å². The molecule has 0 spiro atoms. The molecule has 3 heteroatoms. The predicted octanol–water partition coefficient (Wildman–Crippen LogP) is 1.22. The molecule has 1 aliphatic rings. The molecule has 0 bridgehead atoms. The molecule has 3 nitrogen and oxygen atoms in total. The number of piperidine rings is 1. The molecule has 0 aromatic rings. The molecule has 15 heavy (non-hydrogen) atoms. The number of likely N-dealkylation sites (tertiary alicyclic amines) is 1. The van der Waals surface area contributed by atoms with Crippen LogP contribution in [0.3, 0.4) is 0 Å². The zero-order valence-corrected chi connectivity index (χ0v) is 10.2. The summed E-state index contributed by atoms with van der Waals surface area (Å²) in [5, 5.41) is 12.7. The lowest BCUT2D eigenvalue weighted by Crippen LogP contribution is -2.42. The summed E-state index contributed by atoms with van der Waals surface area (Å²) in [6, 6.07) is 0.710. The summed E-state index contributed by atoms with van der Waals surface area (Å²) in [7, 11) is 0. The van der Waals surface area contributed by atoms with Crippen LogP contribution in [0, 0.1) is 0 Å². The van der Waals surface area contributed by atoms with Gasteiger partial charge in [-0.15, -0.1) is 0 Å². The third-order valence-corrected chi connectivity index (χ3v) is 3.27. The topological polar surface area (TPSA) is 35.5 Å². The maximum Gasteiger partial charge on any atom is 0.0512 e. The third-order valence-electron chi connectivity index (χ3n) is 3.27. The average Bonchev–Trinajstić information content (AvgIpc) is 2.25. The lowest BCUT2D eigenvalue weighted by molar-refractivity contribution is 0.177. The summed E-state index contributed by atoms with van der Waals surface area (Å²) >= 11 is 0. The minimum absolute atomic E-state index is 0.145. The molecule has 1 heterocycles. The van der Waals surface area contributed by atoms with Crippen molar-refractivity contribution >= 4 is 0 Å². The number of nitrogens with one attached hydrogen (secondary N) is 1. The highest BCUT2D eigenvalue weighted by atomic mass is 16.3. The van der Waals surface area contributed by atoms with Crippen molar-refractivity contribution in [3.05, 3.63) is 0 Å². The lowest BCUT2D eigenvalue weighted by Gasteiger charge is -2.31. The smallest absolute Gasteiger partial charge is 0.0512 e. The van der Waals surface area contributed by atoms with E-state index in [2.05, 4.69) is 17.1 Å². The largest absolute Gasteiger partial charge is 0.393 e. The highest BCUT2D eigenvalue weighted by molar-refractivity contribution is 4.76. The van der Waals surface area contributed by atoms with Crippen molar-refractivity contribution in [1.82, 2.24) is 10.2 Å². The Morgan fingerprint density at radius 3 is 2.60 bits per heavy atom. The molecule has 90 valence electrons. The van der Waals surface area contributed by atoms with Gasteiger partial charge in [0.15, 0.2) is 0 Å². The van der Waals surface area contributed by atoms with Gasteiger partial charge in [0.25, 0.3) is 0 Å². The maximum atomic E-state index is 9.12. The molecule has 0 amide bonds. The SMILES string of the molecule is CCN1CCC(NCCCC(C)O)CC1. The fraction of sp³-hybridized carbons (Fsp3) is 1.00. The van der Waals surface area contributed by atoms with Crippen molar-refractivity contribution in [2.24, 2.45) is 0 Å². The molecule has 0 radical (unpaired) electrons. The van der Waals surface area contributed by atoms with Gasteiger partial charge in [-0.3, -0.25) is 0 Å². The van der Waals surface area contributed by atoms with Crippen LogP contribution in [-0.2, 0) is 0 Å². The fourth-order valence-electron chi connectivity index (χ4n) is 2.16. The molecule has 1 fully saturated rings. The van der Waals surface area contributed by atoms with E-state index in [1.165, 1.54) is 32.5 Å². The van der Waals surface area contributed by atoms with Crippen molar-refractivity contribution < 1.29 is 5.11 Å². The van der Waals surface area contributed by atoms with E-state index in [9.17, 15) is 0 Å². The van der Waals surface area contributed by atoms with E-state index in [1.807, 2.05) is 6.92 Å². The normalized spacial score (nSPS) is 21.8. The third kappa shape index (κ3) is 5.50. The first-order chi connectivity index (χ1) is 7.22. The molecule has 1 saturated heterocycles. The molecule has 1 rings (SSSR count). The molecule has 1 unspecified atom stereocenters. The first-order valence-corrected chi connectivity index (χ1v) is 6.36. The highest BCUT2D eigenvalue weighted by Gasteiger charge is 2.16. The van der Waals surface area contributed by atoms with E-state index in [1.54, 1.807) is 0 Å². The van der Waals surface area contributed by atoms with Crippen LogP contribution in [0.1, 0.15) is 39.5 Å². The Labute approximate surface area is 93.9 Å². The Morgan fingerprint density at radius 1 is 1.40 bits per heavy atom. The van der Waals surface area contributed by atoms with E-state index in [0.717, 1.165) is 19.4 Å². The second kappa shape index (κ2) is 7.20. The van der Waals surface area contributed by atoms with Gasteiger partial charge in [-0.1, -0.05) is 6.92 Å². The van der Waals surface area contributed by atoms with Crippen LogP contribution in [0.25, 0.3) is 0 Å². The summed E-state index contributed by atoms with van der Waals surface area (Å²) in [6.45, 7) is 8.82. The summed E-state index contributed by atoms with van der Waals surface area (Å²) in [5.74, 6) is 0. The van der Waals surface area contributed by atoms with Gasteiger partial charge in [0.05, 0.1) is 6.10 Å². The van der Waals surface area contributed by atoms with Gasteiger partial charge < -0.3 is 15.3 Å². The van der Waals surface area contributed by atoms with E-state index in [4.69, 9.17) is 5.11 Å². The molecule has 2 N–H and O–H groups in total. The van der Waals surface area contributed by atoms with Crippen LogP contribution in [-0.4, -0.2) is 48.3 Å². The van der Waals surface area contributed by atoms with Gasteiger partial charge in [-0.2, -0.15) is 0 Å². The Hall–Kier alpha value is -0.120. The Kier molecular flexibility index (Phi) is 6.22. The van der Waals surface area contributed by atoms with Crippen molar-refractivity contribution in [2.45, 2.75) is 51.7 Å². The second-order valence-electron chi connectivity index (χ2n) is 4.65. The summed E-state index contributed by atoms with van der Waals surface area (Å²) in [5.41, 5.74) is 0.